The molecule has 0 aliphatic carbocycles. The van der Waals surface area contributed by atoms with Crippen LogP contribution in [-0.2, 0) is 0 Å². The number of halogens is 1. The Morgan fingerprint density at radius 2 is 2.13 bits per heavy atom. The second kappa shape index (κ2) is 2.93. The molecule has 0 atom stereocenters. The number of benzene rings is 1. The van der Waals surface area contributed by atoms with E-state index in [0.29, 0.717) is 5.52 Å². The number of nitrogens with one attached hydrogen (secondary N) is 1. The summed E-state index contributed by atoms with van der Waals surface area (Å²) < 4.78 is 2.58. The van der Waals surface area contributed by atoms with E-state index in [1.165, 1.54) is 0 Å². The van der Waals surface area contributed by atoms with Crippen molar-refractivity contribution in [1.29, 1.82) is 0 Å². The van der Waals surface area contributed by atoms with Crippen molar-refractivity contribution in [2.45, 2.75) is 0 Å². The topological polar surface area (TPSA) is 50.2 Å². The Labute approximate surface area is 92.7 Å². The number of hydrogen-bond donors (Lipinski definition) is 1. The van der Waals surface area contributed by atoms with E-state index >= 15 is 0 Å². The highest BCUT2D eigenvalue weighted by Crippen LogP contribution is 2.28. The van der Waals surface area contributed by atoms with E-state index in [0.717, 1.165) is 15.4 Å². The van der Waals surface area contributed by atoms with Gasteiger partial charge in [0.05, 0.1) is 9.99 Å². The number of aromatic nitrogens is 3. The molecule has 5 heteroatoms. The van der Waals surface area contributed by atoms with Crippen LogP contribution in [0.2, 0.25) is 0 Å². The van der Waals surface area contributed by atoms with Crippen molar-refractivity contribution in [3.05, 3.63) is 45.4 Å². The van der Waals surface area contributed by atoms with Crippen LogP contribution in [0.25, 0.3) is 16.4 Å². The van der Waals surface area contributed by atoms with Crippen molar-refractivity contribution < 1.29 is 0 Å². The molecular formula is C10H6BrN3O. The molecule has 0 aliphatic heterocycles. The van der Waals surface area contributed by atoms with E-state index in [1.54, 1.807) is 10.7 Å². The van der Waals surface area contributed by atoms with Gasteiger partial charge in [-0.25, -0.2) is 5.10 Å². The molecule has 0 saturated carbocycles. The molecule has 15 heavy (non-hydrogen) atoms. The van der Waals surface area contributed by atoms with Gasteiger partial charge in [0.15, 0.2) is 0 Å². The molecule has 2 aromatic heterocycles. The Hall–Kier alpha value is -1.62. The summed E-state index contributed by atoms with van der Waals surface area (Å²) in [4.78, 5) is 11.6. The summed E-state index contributed by atoms with van der Waals surface area (Å²) >= 11 is 3.43. The lowest BCUT2D eigenvalue weighted by Crippen LogP contribution is -2.10. The minimum atomic E-state index is -0.194. The van der Waals surface area contributed by atoms with Gasteiger partial charge in [0, 0.05) is 5.39 Å². The van der Waals surface area contributed by atoms with E-state index in [-0.39, 0.29) is 5.56 Å². The molecule has 0 amide bonds. The summed E-state index contributed by atoms with van der Waals surface area (Å²) in [6.45, 7) is 0. The predicted molar refractivity (Wildman–Crippen MR) is 61.0 cm³/mol. The average molecular weight is 264 g/mol. The fourth-order valence-electron chi connectivity index (χ4n) is 1.75. The molecule has 2 heterocycles. The average Bonchev–Trinajstić information content (AvgIpc) is 2.55. The highest BCUT2D eigenvalue weighted by atomic mass is 79.9. The van der Waals surface area contributed by atoms with Crippen LogP contribution < -0.4 is 5.56 Å². The van der Waals surface area contributed by atoms with Crippen molar-refractivity contribution in [3.63, 3.8) is 0 Å². The summed E-state index contributed by atoms with van der Waals surface area (Å²) in [7, 11) is 0. The van der Waals surface area contributed by atoms with E-state index in [2.05, 4.69) is 26.1 Å². The maximum atomic E-state index is 11.6. The highest BCUT2D eigenvalue weighted by molar-refractivity contribution is 9.10. The maximum absolute atomic E-state index is 11.6. The van der Waals surface area contributed by atoms with Gasteiger partial charge in [-0.15, -0.1) is 0 Å². The lowest BCUT2D eigenvalue weighted by Gasteiger charge is -1.92. The zero-order chi connectivity index (χ0) is 10.4. The van der Waals surface area contributed by atoms with Gasteiger partial charge in [-0.3, -0.25) is 9.20 Å². The molecule has 0 fully saturated rings. The first-order valence-corrected chi connectivity index (χ1v) is 5.20. The molecule has 0 aliphatic rings. The first-order chi connectivity index (χ1) is 7.29. The lowest BCUT2D eigenvalue weighted by atomic mass is 10.2. The van der Waals surface area contributed by atoms with Crippen molar-refractivity contribution in [2.24, 2.45) is 0 Å². The Morgan fingerprint density at radius 3 is 3.00 bits per heavy atom. The first kappa shape index (κ1) is 8.67. The standard InChI is InChI=1S/C10H6BrN3O/c11-8-6-3-1-2-4-7(6)14-5-12-13-10(15)9(8)14/h1-5H,(H,13,15). The van der Waals surface area contributed by atoms with Crippen LogP contribution in [0.5, 0.6) is 0 Å². The minimum Gasteiger partial charge on any atom is -0.293 e. The summed E-state index contributed by atoms with van der Waals surface area (Å²) in [5.41, 5.74) is 1.37. The highest BCUT2D eigenvalue weighted by Gasteiger charge is 2.11. The van der Waals surface area contributed by atoms with Gasteiger partial charge in [-0.2, -0.15) is 5.10 Å². The lowest BCUT2D eigenvalue weighted by molar-refractivity contribution is 0.930. The van der Waals surface area contributed by atoms with Crippen LogP contribution in [0.15, 0.2) is 39.9 Å². The maximum Gasteiger partial charge on any atom is 0.289 e. The molecule has 0 spiro atoms. The SMILES string of the molecule is O=c1[nH]ncn2c1c(Br)c1ccccc12. The number of nitrogens with zero attached hydrogens (tertiary/aromatic N) is 2. The minimum absolute atomic E-state index is 0.194. The monoisotopic (exact) mass is 263 g/mol. The van der Waals surface area contributed by atoms with Gasteiger partial charge < -0.3 is 0 Å². The van der Waals surface area contributed by atoms with Gasteiger partial charge in [0.25, 0.3) is 5.56 Å². The largest absolute Gasteiger partial charge is 0.293 e. The molecule has 0 saturated heterocycles. The van der Waals surface area contributed by atoms with E-state index in [1.807, 2.05) is 24.3 Å². The summed E-state index contributed by atoms with van der Waals surface area (Å²) in [6, 6.07) is 7.79. The van der Waals surface area contributed by atoms with E-state index in [9.17, 15) is 4.79 Å². The van der Waals surface area contributed by atoms with E-state index < -0.39 is 0 Å². The van der Waals surface area contributed by atoms with Crippen molar-refractivity contribution >= 4 is 32.3 Å². The zero-order valence-corrected chi connectivity index (χ0v) is 9.15. The van der Waals surface area contributed by atoms with Crippen LogP contribution >= 0.6 is 15.9 Å². The number of H-pyrrole nitrogens is 1. The van der Waals surface area contributed by atoms with Crippen LogP contribution in [0.4, 0.5) is 0 Å². The summed E-state index contributed by atoms with van der Waals surface area (Å²) in [6.07, 6.45) is 1.60. The van der Waals surface area contributed by atoms with E-state index in [4.69, 9.17) is 0 Å². The normalized spacial score (nSPS) is 11.3. The molecule has 0 radical (unpaired) electrons. The van der Waals surface area contributed by atoms with Crippen LogP contribution in [-0.4, -0.2) is 14.6 Å². The van der Waals surface area contributed by atoms with Gasteiger partial charge in [-0.1, -0.05) is 18.2 Å². The molecule has 4 nitrogen and oxygen atoms in total. The molecule has 0 unspecified atom stereocenters. The quantitative estimate of drug-likeness (QED) is 0.674. The van der Waals surface area contributed by atoms with Gasteiger partial charge >= 0.3 is 0 Å². The molecular weight excluding hydrogens is 258 g/mol. The van der Waals surface area contributed by atoms with Crippen LogP contribution in [0.1, 0.15) is 0 Å². The Kier molecular flexibility index (Phi) is 1.70. The molecule has 3 aromatic rings. The number of para-hydroxylation sites is 1. The third-order valence-electron chi connectivity index (χ3n) is 2.40. The van der Waals surface area contributed by atoms with Gasteiger partial charge in [0.1, 0.15) is 11.8 Å². The number of fused-ring (bicyclic) bond motifs is 3. The van der Waals surface area contributed by atoms with Crippen molar-refractivity contribution in [1.82, 2.24) is 14.6 Å². The Bertz CT molecular complexity index is 713. The molecule has 0 bridgehead atoms. The zero-order valence-electron chi connectivity index (χ0n) is 7.57. The third kappa shape index (κ3) is 1.07. The van der Waals surface area contributed by atoms with Gasteiger partial charge in [0.2, 0.25) is 0 Å². The van der Waals surface area contributed by atoms with Crippen LogP contribution in [0, 0.1) is 0 Å². The second-order valence-corrected chi connectivity index (χ2v) is 4.03. The van der Waals surface area contributed by atoms with Crippen molar-refractivity contribution in [3.8, 4) is 0 Å². The molecule has 3 rings (SSSR count). The summed E-state index contributed by atoms with van der Waals surface area (Å²) in [5, 5.41) is 7.21. The molecule has 1 aromatic carbocycles. The fraction of sp³-hybridized carbons (Fsp3) is 0. The summed E-state index contributed by atoms with van der Waals surface area (Å²) in [5.74, 6) is 0. The van der Waals surface area contributed by atoms with Crippen LogP contribution in [0.3, 0.4) is 0 Å². The third-order valence-corrected chi connectivity index (χ3v) is 3.21. The molecule has 74 valence electrons. The Balaban J connectivity index is 2.76. The van der Waals surface area contributed by atoms with Crippen molar-refractivity contribution in [2.75, 3.05) is 0 Å². The number of rotatable bonds is 0. The predicted octanol–water partition coefficient (Wildman–Crippen LogP) is 1.94. The fourth-order valence-corrected chi connectivity index (χ4v) is 2.46. The smallest absolute Gasteiger partial charge is 0.289 e. The number of aromatic amines is 1. The Morgan fingerprint density at radius 1 is 1.33 bits per heavy atom. The number of hydrogen-bond acceptors (Lipinski definition) is 2. The van der Waals surface area contributed by atoms with Gasteiger partial charge in [-0.05, 0) is 22.0 Å². The second-order valence-electron chi connectivity index (χ2n) is 3.24. The first-order valence-electron chi connectivity index (χ1n) is 4.41. The molecule has 1 N–H and O–H groups in total.